The highest BCUT2D eigenvalue weighted by Crippen LogP contribution is 2.21. The van der Waals surface area contributed by atoms with Gasteiger partial charge in [0.15, 0.2) is 5.82 Å². The Balaban J connectivity index is 2.31. The van der Waals surface area contributed by atoms with Crippen molar-refractivity contribution in [1.29, 1.82) is 0 Å². The maximum absolute atomic E-state index is 4.68. The smallest absolute Gasteiger partial charge is 0.154 e. The summed E-state index contributed by atoms with van der Waals surface area (Å²) in [6.07, 6.45) is 3.95. The van der Waals surface area contributed by atoms with Gasteiger partial charge >= 0.3 is 0 Å². The van der Waals surface area contributed by atoms with Gasteiger partial charge < -0.3 is 9.80 Å². The Labute approximate surface area is 109 Å². The summed E-state index contributed by atoms with van der Waals surface area (Å²) in [4.78, 5) is 13.9. The quantitative estimate of drug-likeness (QED) is 0.797. The van der Waals surface area contributed by atoms with Crippen LogP contribution in [-0.2, 0) is 0 Å². The largest absolute Gasteiger partial charge is 0.354 e. The highest BCUT2D eigenvalue weighted by atomic mass is 15.3. The zero-order valence-electron chi connectivity index (χ0n) is 11.8. The lowest BCUT2D eigenvalue weighted by molar-refractivity contribution is 0.312. The highest BCUT2D eigenvalue weighted by molar-refractivity contribution is 5.53. The van der Waals surface area contributed by atoms with Gasteiger partial charge in [0.25, 0.3) is 0 Å². The third kappa shape index (κ3) is 2.70. The van der Waals surface area contributed by atoms with E-state index in [2.05, 4.69) is 40.7 Å². The van der Waals surface area contributed by atoms with Crippen LogP contribution in [-0.4, -0.2) is 48.1 Å². The van der Waals surface area contributed by atoms with Gasteiger partial charge in [0, 0.05) is 37.4 Å². The van der Waals surface area contributed by atoms with Crippen LogP contribution in [0.25, 0.3) is 6.08 Å². The molecule has 0 unspecified atom stereocenters. The molecule has 1 saturated heterocycles. The molecule has 1 fully saturated rings. The summed E-state index contributed by atoms with van der Waals surface area (Å²) in [6, 6.07) is 0. The number of nitrogens with zero attached hydrogens (tertiary/aromatic N) is 4. The van der Waals surface area contributed by atoms with Gasteiger partial charge in [-0.25, -0.2) is 9.97 Å². The summed E-state index contributed by atoms with van der Waals surface area (Å²) in [6.45, 7) is 10.5. The molecule has 2 rings (SSSR count). The molecule has 0 amide bonds. The molecular formula is C14H22N4. The summed E-state index contributed by atoms with van der Waals surface area (Å²) in [5.41, 5.74) is 2.28. The average molecular weight is 246 g/mol. The van der Waals surface area contributed by atoms with E-state index < -0.39 is 0 Å². The second-order valence-electron chi connectivity index (χ2n) is 4.91. The molecule has 98 valence electrons. The average Bonchev–Trinajstić information content (AvgIpc) is 2.35. The van der Waals surface area contributed by atoms with E-state index in [1.807, 2.05) is 19.1 Å². The number of allylic oxidation sites excluding steroid dienone is 1. The van der Waals surface area contributed by atoms with E-state index in [0.29, 0.717) is 0 Å². The minimum atomic E-state index is 0.814. The first-order valence-electron chi connectivity index (χ1n) is 6.53. The van der Waals surface area contributed by atoms with Crippen LogP contribution in [0.1, 0.15) is 24.0 Å². The summed E-state index contributed by atoms with van der Waals surface area (Å²) < 4.78 is 0. The van der Waals surface area contributed by atoms with Crippen molar-refractivity contribution in [2.24, 2.45) is 0 Å². The first-order valence-corrected chi connectivity index (χ1v) is 6.53. The van der Waals surface area contributed by atoms with Crippen LogP contribution in [0.15, 0.2) is 6.08 Å². The van der Waals surface area contributed by atoms with Gasteiger partial charge in [0.2, 0.25) is 0 Å². The molecule has 0 N–H and O–H groups in total. The molecular weight excluding hydrogens is 224 g/mol. The standard InChI is InChI=1S/C14H22N4/c1-5-6-13-15-12(3)11(2)14(16-13)18-9-7-17(4)8-10-18/h5-6H,7-10H2,1-4H3/b6-5+. The zero-order chi connectivity index (χ0) is 13.1. The predicted molar refractivity (Wildman–Crippen MR) is 75.9 cm³/mol. The van der Waals surface area contributed by atoms with Gasteiger partial charge in [0.1, 0.15) is 5.82 Å². The first-order chi connectivity index (χ1) is 8.61. The van der Waals surface area contributed by atoms with Crippen molar-refractivity contribution in [1.82, 2.24) is 14.9 Å². The van der Waals surface area contributed by atoms with Crippen molar-refractivity contribution in [2.75, 3.05) is 38.1 Å². The molecule has 0 bridgehead atoms. The van der Waals surface area contributed by atoms with E-state index in [0.717, 1.165) is 43.5 Å². The van der Waals surface area contributed by atoms with Crippen molar-refractivity contribution < 1.29 is 0 Å². The SMILES string of the molecule is C/C=C/c1nc(C)c(C)c(N2CCN(C)CC2)n1. The van der Waals surface area contributed by atoms with Gasteiger partial charge in [-0.05, 0) is 33.9 Å². The number of hydrogen-bond donors (Lipinski definition) is 0. The Bertz CT molecular complexity index is 445. The Morgan fingerprint density at radius 2 is 1.72 bits per heavy atom. The molecule has 4 nitrogen and oxygen atoms in total. The minimum Gasteiger partial charge on any atom is -0.354 e. The number of hydrogen-bond acceptors (Lipinski definition) is 4. The zero-order valence-corrected chi connectivity index (χ0v) is 11.8. The second kappa shape index (κ2) is 5.48. The molecule has 4 heteroatoms. The van der Waals surface area contributed by atoms with Gasteiger partial charge in [-0.2, -0.15) is 0 Å². The summed E-state index contributed by atoms with van der Waals surface area (Å²) in [5.74, 6) is 1.92. The lowest BCUT2D eigenvalue weighted by Gasteiger charge is -2.34. The van der Waals surface area contributed by atoms with Gasteiger partial charge in [-0.3, -0.25) is 0 Å². The Kier molecular flexibility index (Phi) is 3.97. The Morgan fingerprint density at radius 3 is 2.33 bits per heavy atom. The molecule has 1 aromatic rings. The number of rotatable bonds is 2. The molecule has 1 aliphatic rings. The number of likely N-dealkylation sites (N-methyl/N-ethyl adjacent to an activating group) is 1. The van der Waals surface area contributed by atoms with Crippen molar-refractivity contribution in [3.8, 4) is 0 Å². The minimum absolute atomic E-state index is 0.814. The van der Waals surface area contributed by atoms with Crippen molar-refractivity contribution in [3.05, 3.63) is 23.2 Å². The summed E-state index contributed by atoms with van der Waals surface area (Å²) in [5, 5.41) is 0. The van der Waals surface area contributed by atoms with Crippen molar-refractivity contribution in [3.63, 3.8) is 0 Å². The van der Waals surface area contributed by atoms with Crippen molar-refractivity contribution >= 4 is 11.9 Å². The van der Waals surface area contributed by atoms with E-state index in [-0.39, 0.29) is 0 Å². The fourth-order valence-corrected chi connectivity index (χ4v) is 2.18. The molecule has 0 aromatic carbocycles. The number of anilines is 1. The van der Waals surface area contributed by atoms with Crippen molar-refractivity contribution in [2.45, 2.75) is 20.8 Å². The van der Waals surface area contributed by atoms with Crippen LogP contribution >= 0.6 is 0 Å². The van der Waals surface area contributed by atoms with Gasteiger partial charge in [-0.15, -0.1) is 0 Å². The molecule has 18 heavy (non-hydrogen) atoms. The number of piperazine rings is 1. The van der Waals surface area contributed by atoms with E-state index in [9.17, 15) is 0 Å². The fourth-order valence-electron chi connectivity index (χ4n) is 2.18. The third-order valence-electron chi connectivity index (χ3n) is 3.50. The predicted octanol–water partition coefficient (Wildman–Crippen LogP) is 1.88. The molecule has 0 saturated carbocycles. The Hall–Kier alpha value is -1.42. The van der Waals surface area contributed by atoms with Crippen LogP contribution in [0, 0.1) is 13.8 Å². The summed E-state index contributed by atoms with van der Waals surface area (Å²) >= 11 is 0. The number of aromatic nitrogens is 2. The van der Waals surface area contributed by atoms with Crippen LogP contribution in [0.5, 0.6) is 0 Å². The Morgan fingerprint density at radius 1 is 1.06 bits per heavy atom. The van der Waals surface area contributed by atoms with Crippen LogP contribution in [0.2, 0.25) is 0 Å². The molecule has 0 atom stereocenters. The maximum Gasteiger partial charge on any atom is 0.154 e. The number of aryl methyl sites for hydroxylation is 1. The highest BCUT2D eigenvalue weighted by Gasteiger charge is 2.18. The van der Waals surface area contributed by atoms with Crippen LogP contribution in [0.4, 0.5) is 5.82 Å². The monoisotopic (exact) mass is 246 g/mol. The molecule has 1 aliphatic heterocycles. The normalized spacial score (nSPS) is 17.7. The molecule has 2 heterocycles. The first kappa shape index (κ1) is 13.0. The van der Waals surface area contributed by atoms with Gasteiger partial charge in [-0.1, -0.05) is 6.08 Å². The molecule has 0 radical (unpaired) electrons. The van der Waals surface area contributed by atoms with Crippen LogP contribution in [0.3, 0.4) is 0 Å². The topological polar surface area (TPSA) is 32.3 Å². The van der Waals surface area contributed by atoms with Gasteiger partial charge in [0.05, 0.1) is 0 Å². The lowest BCUT2D eigenvalue weighted by Crippen LogP contribution is -2.45. The van der Waals surface area contributed by atoms with Crippen LogP contribution < -0.4 is 4.90 Å². The molecule has 1 aromatic heterocycles. The summed E-state index contributed by atoms with van der Waals surface area (Å²) in [7, 11) is 2.17. The van der Waals surface area contributed by atoms with E-state index in [4.69, 9.17) is 0 Å². The third-order valence-corrected chi connectivity index (χ3v) is 3.50. The van der Waals surface area contributed by atoms with E-state index in [1.54, 1.807) is 0 Å². The maximum atomic E-state index is 4.68. The molecule has 0 spiro atoms. The van der Waals surface area contributed by atoms with E-state index in [1.165, 1.54) is 5.56 Å². The lowest BCUT2D eigenvalue weighted by atomic mass is 10.2. The van der Waals surface area contributed by atoms with E-state index >= 15 is 0 Å². The fraction of sp³-hybridized carbons (Fsp3) is 0.571. The second-order valence-corrected chi connectivity index (χ2v) is 4.91. The molecule has 0 aliphatic carbocycles.